The first kappa shape index (κ1) is 45.0. The minimum atomic E-state index is 0.947. The maximum absolute atomic E-state index is 5.39. The average molecular weight is 752 g/mol. The molecule has 0 aliphatic carbocycles. The Morgan fingerprint density at radius 1 is 0.518 bits per heavy atom. The van der Waals surface area contributed by atoms with E-state index >= 15 is 0 Å². The molecule has 4 rings (SSSR count). The minimum Gasteiger partial charge on any atom is -0.253 e. The number of nitrogens with zero attached hydrogens (tertiary/aromatic N) is 1. The van der Waals surface area contributed by atoms with Gasteiger partial charge in [-0.2, -0.15) is 0 Å². The van der Waals surface area contributed by atoms with Gasteiger partial charge in [0.1, 0.15) is 0 Å². The Bertz CT molecular complexity index is 1740. The van der Waals surface area contributed by atoms with Gasteiger partial charge in [-0.1, -0.05) is 191 Å². The molecular formula is C55H77N. The first-order chi connectivity index (χ1) is 27.5. The second kappa shape index (κ2) is 26.3. The molecule has 0 heterocycles. The van der Waals surface area contributed by atoms with E-state index in [4.69, 9.17) is 4.99 Å². The molecule has 56 heavy (non-hydrogen) atoms. The summed E-state index contributed by atoms with van der Waals surface area (Å²) in [5.74, 6) is 0. The van der Waals surface area contributed by atoms with E-state index < -0.39 is 0 Å². The van der Waals surface area contributed by atoms with E-state index in [1.807, 2.05) is 0 Å². The number of unbranched alkanes of at least 4 members (excludes halogenated alkanes) is 15. The third-order valence-corrected chi connectivity index (χ3v) is 11.8. The first-order valence-electron chi connectivity index (χ1n) is 23.1. The van der Waals surface area contributed by atoms with Gasteiger partial charge in [0.15, 0.2) is 0 Å². The minimum absolute atomic E-state index is 0.947. The maximum Gasteiger partial charge on any atom is 0.0638 e. The molecule has 0 aromatic heterocycles. The molecule has 0 atom stereocenters. The predicted molar refractivity (Wildman–Crippen MR) is 251 cm³/mol. The second-order valence-electron chi connectivity index (χ2n) is 16.5. The van der Waals surface area contributed by atoms with Gasteiger partial charge in [0, 0.05) is 5.71 Å². The molecular weight excluding hydrogens is 675 g/mol. The molecule has 0 N–H and O–H groups in total. The number of hydrogen-bond acceptors (Lipinski definition) is 1. The van der Waals surface area contributed by atoms with Gasteiger partial charge in [-0.05, 0) is 139 Å². The third kappa shape index (κ3) is 15.0. The van der Waals surface area contributed by atoms with Crippen molar-refractivity contribution in [2.24, 2.45) is 4.99 Å². The smallest absolute Gasteiger partial charge is 0.0638 e. The monoisotopic (exact) mass is 752 g/mol. The normalized spacial score (nSPS) is 12.1. The van der Waals surface area contributed by atoms with Crippen LogP contribution in [0.3, 0.4) is 0 Å². The van der Waals surface area contributed by atoms with Crippen LogP contribution in [0.25, 0.3) is 28.3 Å². The van der Waals surface area contributed by atoms with Crippen LogP contribution < -0.4 is 0 Å². The van der Waals surface area contributed by atoms with E-state index in [2.05, 4.69) is 133 Å². The molecule has 0 bridgehead atoms. The van der Waals surface area contributed by atoms with E-state index in [0.29, 0.717) is 0 Å². The zero-order valence-corrected chi connectivity index (χ0v) is 36.7. The molecule has 4 aromatic rings. The lowest BCUT2D eigenvalue weighted by Gasteiger charge is -2.18. The molecule has 0 saturated heterocycles. The molecule has 0 radical (unpaired) electrons. The largest absolute Gasteiger partial charge is 0.253 e. The van der Waals surface area contributed by atoms with Crippen molar-refractivity contribution in [2.75, 3.05) is 0 Å². The summed E-state index contributed by atoms with van der Waals surface area (Å²) in [6.45, 7) is 13.8. The van der Waals surface area contributed by atoms with Crippen LogP contribution in [0.2, 0.25) is 0 Å². The summed E-state index contributed by atoms with van der Waals surface area (Å²) in [6, 6.07) is 31.9. The highest BCUT2D eigenvalue weighted by Crippen LogP contribution is 2.38. The highest BCUT2D eigenvalue weighted by molar-refractivity contribution is 6.03. The van der Waals surface area contributed by atoms with Crippen LogP contribution in [0.1, 0.15) is 184 Å². The molecule has 0 amide bonds. The summed E-state index contributed by atoms with van der Waals surface area (Å²) in [4.78, 5) is 5.39. The van der Waals surface area contributed by atoms with Crippen LogP contribution >= 0.6 is 0 Å². The van der Waals surface area contributed by atoms with Crippen molar-refractivity contribution in [1.29, 1.82) is 0 Å². The zero-order valence-electron chi connectivity index (χ0n) is 36.7. The molecule has 0 aliphatic heterocycles. The van der Waals surface area contributed by atoms with Gasteiger partial charge in [-0.25, -0.2) is 0 Å². The maximum atomic E-state index is 5.39. The van der Waals surface area contributed by atoms with E-state index in [0.717, 1.165) is 24.2 Å². The lowest BCUT2D eigenvalue weighted by molar-refractivity contribution is 0.598. The summed E-state index contributed by atoms with van der Waals surface area (Å²) in [5.41, 5.74) is 16.2. The summed E-state index contributed by atoms with van der Waals surface area (Å²) in [7, 11) is 0. The van der Waals surface area contributed by atoms with Gasteiger partial charge >= 0.3 is 0 Å². The summed E-state index contributed by atoms with van der Waals surface area (Å²) in [6.07, 6.45) is 30.8. The molecule has 1 nitrogen and oxygen atoms in total. The second-order valence-corrected chi connectivity index (χ2v) is 16.5. The van der Waals surface area contributed by atoms with Crippen molar-refractivity contribution in [3.05, 3.63) is 118 Å². The molecule has 1 heteroatoms. The number of benzene rings is 4. The standard InChI is InChI=1S/C55H77N/c1-7-11-14-17-20-25-36-50-43-52(39-44(5)53(50)38-31-22-19-16-13-9-3)56-45(6)47(10-4)40-46-41-51(37-26-21-18-15-12-8-2)55(49-34-29-24-30-35-49)54(42-46)48-32-27-23-28-33-48/h23-24,27-30,32-35,39-43H,7-22,25-26,31,36-38H2,1-6H3. The van der Waals surface area contributed by atoms with Gasteiger partial charge in [-0.3, -0.25) is 4.99 Å². The molecule has 302 valence electrons. The topological polar surface area (TPSA) is 12.4 Å². The fourth-order valence-electron chi connectivity index (χ4n) is 8.52. The van der Waals surface area contributed by atoms with Gasteiger partial charge in [0.25, 0.3) is 0 Å². The highest BCUT2D eigenvalue weighted by atomic mass is 14.7. The van der Waals surface area contributed by atoms with Crippen LogP contribution in [0.15, 0.2) is 95.5 Å². The fourth-order valence-corrected chi connectivity index (χ4v) is 8.52. The number of rotatable bonds is 27. The van der Waals surface area contributed by atoms with Crippen LogP contribution in [0.4, 0.5) is 5.69 Å². The van der Waals surface area contributed by atoms with Gasteiger partial charge in [-0.15, -0.1) is 0 Å². The van der Waals surface area contributed by atoms with Crippen molar-refractivity contribution < 1.29 is 0 Å². The number of hydrogen-bond donors (Lipinski definition) is 0. The van der Waals surface area contributed by atoms with Crippen LogP contribution in [-0.2, 0) is 19.3 Å². The lowest BCUT2D eigenvalue weighted by atomic mass is 9.86. The Hall–Kier alpha value is -3.71. The SMILES string of the molecule is CCCCCCCCc1cc(N=C(C)C(=Cc2cc(CCCCCCCC)c(-c3ccccc3)c(-c3ccccc3)c2)CC)cc(C)c1CCCCCCCC. The third-order valence-electron chi connectivity index (χ3n) is 11.8. The Labute approximate surface area is 344 Å². The first-order valence-corrected chi connectivity index (χ1v) is 23.1. The fraction of sp³-hybridized carbons (Fsp3) is 0.509. The highest BCUT2D eigenvalue weighted by Gasteiger charge is 2.16. The molecule has 0 aliphatic rings. The lowest BCUT2D eigenvalue weighted by Crippen LogP contribution is -2.01. The molecule has 4 aromatic carbocycles. The summed E-state index contributed by atoms with van der Waals surface area (Å²) < 4.78 is 0. The summed E-state index contributed by atoms with van der Waals surface area (Å²) in [5, 5.41) is 0. The van der Waals surface area contributed by atoms with Gasteiger partial charge in [0.2, 0.25) is 0 Å². The van der Waals surface area contributed by atoms with Gasteiger partial charge < -0.3 is 0 Å². The van der Waals surface area contributed by atoms with Crippen LogP contribution in [0.5, 0.6) is 0 Å². The molecule has 0 unspecified atom stereocenters. The van der Waals surface area contributed by atoms with Crippen molar-refractivity contribution in [3.63, 3.8) is 0 Å². The number of allylic oxidation sites excluding steroid dienone is 1. The predicted octanol–water partition coefficient (Wildman–Crippen LogP) is 17.6. The number of aliphatic imine (C=N–C) groups is 1. The zero-order chi connectivity index (χ0) is 39.8. The van der Waals surface area contributed by atoms with E-state index in [1.165, 1.54) is 173 Å². The Kier molecular flexibility index (Phi) is 21.1. The van der Waals surface area contributed by atoms with E-state index in [1.54, 1.807) is 11.1 Å². The Balaban J connectivity index is 1.69. The van der Waals surface area contributed by atoms with Crippen molar-refractivity contribution >= 4 is 17.5 Å². The van der Waals surface area contributed by atoms with Crippen molar-refractivity contribution in [3.8, 4) is 22.3 Å². The molecule has 0 saturated carbocycles. The van der Waals surface area contributed by atoms with Crippen LogP contribution in [0, 0.1) is 6.92 Å². The van der Waals surface area contributed by atoms with Crippen molar-refractivity contribution in [1.82, 2.24) is 0 Å². The van der Waals surface area contributed by atoms with Gasteiger partial charge in [0.05, 0.1) is 5.69 Å². The van der Waals surface area contributed by atoms with E-state index in [9.17, 15) is 0 Å². The quantitative estimate of drug-likeness (QED) is 0.0425. The molecule has 0 spiro atoms. The number of aryl methyl sites for hydroxylation is 3. The summed E-state index contributed by atoms with van der Waals surface area (Å²) >= 11 is 0. The Morgan fingerprint density at radius 3 is 1.57 bits per heavy atom. The Morgan fingerprint density at radius 2 is 1.02 bits per heavy atom. The van der Waals surface area contributed by atoms with Crippen molar-refractivity contribution in [2.45, 2.75) is 183 Å². The average Bonchev–Trinajstić information content (AvgIpc) is 3.22. The van der Waals surface area contributed by atoms with E-state index in [-0.39, 0.29) is 0 Å². The molecule has 0 fully saturated rings. The van der Waals surface area contributed by atoms with Crippen LogP contribution in [-0.4, -0.2) is 5.71 Å².